The van der Waals surface area contributed by atoms with Gasteiger partial charge in [0.25, 0.3) is 20.2 Å². The lowest BCUT2D eigenvalue weighted by atomic mass is 9.43. The molecule has 12 nitrogen and oxygen atoms in total. The summed E-state index contributed by atoms with van der Waals surface area (Å²) < 4.78 is 57.8. The summed E-state index contributed by atoms with van der Waals surface area (Å²) >= 11 is 0. The first-order valence-electron chi connectivity index (χ1n) is 15.2. The molecule has 4 aliphatic carbocycles. The van der Waals surface area contributed by atoms with Crippen LogP contribution in [0, 0.1) is 46.3 Å². The molecule has 0 aliphatic heterocycles. The Kier molecular flexibility index (Phi) is 11.6. The van der Waals surface area contributed by atoms with Crippen LogP contribution in [-0.2, 0) is 25.0 Å². The third-order valence-electron chi connectivity index (χ3n) is 11.4. The quantitative estimate of drug-likeness (QED) is 0.177. The first kappa shape index (κ1) is 35.6. The lowest BCUT2D eigenvalue weighted by Crippen LogP contribution is -2.62. The number of hydrogen-bond acceptors (Lipinski definition) is 9. The van der Waals surface area contributed by atoms with Gasteiger partial charge in [-0.15, -0.1) is 0 Å². The van der Waals surface area contributed by atoms with Crippen LogP contribution in [0.1, 0.15) is 78.6 Å². The summed E-state index contributed by atoms with van der Waals surface area (Å²) in [7, 11) is -7.90. The van der Waals surface area contributed by atoms with Gasteiger partial charge in [0, 0.05) is 19.5 Å². The maximum Gasteiger partial charge on any atom is 0.266 e. The number of nitrogens with one attached hydrogen (secondary N) is 1. The van der Waals surface area contributed by atoms with Crippen molar-refractivity contribution in [1.29, 1.82) is 0 Å². The topological polar surface area (TPSA) is 225 Å². The molecule has 0 saturated heterocycles. The molecule has 246 valence electrons. The van der Waals surface area contributed by atoms with Gasteiger partial charge in [0.15, 0.2) is 0 Å². The number of amides is 1. The lowest BCUT2D eigenvalue weighted by Gasteiger charge is -2.63. The number of rotatable bonds is 9. The van der Waals surface area contributed by atoms with Crippen molar-refractivity contribution >= 4 is 26.1 Å². The molecular formula is C28H52N2O10S2. The van der Waals surface area contributed by atoms with Crippen LogP contribution in [0.5, 0.6) is 0 Å². The molecule has 0 heterocycles. The Morgan fingerprint density at radius 1 is 0.952 bits per heavy atom. The lowest BCUT2D eigenvalue weighted by molar-refractivity contribution is -0.207. The van der Waals surface area contributed by atoms with Crippen molar-refractivity contribution in [3.63, 3.8) is 0 Å². The average molecular weight is 641 g/mol. The van der Waals surface area contributed by atoms with E-state index in [1.54, 1.807) is 0 Å². The van der Waals surface area contributed by atoms with Crippen LogP contribution in [0.25, 0.3) is 0 Å². The molecule has 14 heteroatoms. The Labute approximate surface area is 250 Å². The summed E-state index contributed by atoms with van der Waals surface area (Å²) in [5.41, 5.74) is 4.52. The summed E-state index contributed by atoms with van der Waals surface area (Å²) in [5, 5.41) is 35.8. The third-order valence-corrected chi connectivity index (χ3v) is 12.9. The highest BCUT2D eigenvalue weighted by Crippen LogP contribution is 2.68. The molecule has 0 aromatic heterocycles. The first-order valence-corrected chi connectivity index (χ1v) is 18.5. The van der Waals surface area contributed by atoms with Crippen LogP contribution >= 0.6 is 0 Å². The summed E-state index contributed by atoms with van der Waals surface area (Å²) in [4.78, 5) is 12.2. The van der Waals surface area contributed by atoms with E-state index in [1.807, 2.05) is 0 Å². The van der Waals surface area contributed by atoms with E-state index in [-0.39, 0.29) is 77.7 Å². The highest BCUT2D eigenvalue weighted by atomic mass is 32.2. The van der Waals surface area contributed by atoms with Crippen LogP contribution < -0.4 is 11.1 Å². The minimum absolute atomic E-state index is 0.0289. The molecule has 4 unspecified atom stereocenters. The molecular weight excluding hydrogens is 588 g/mol. The third kappa shape index (κ3) is 8.04. The highest BCUT2D eigenvalue weighted by molar-refractivity contribution is 7.86. The van der Waals surface area contributed by atoms with E-state index in [0.717, 1.165) is 38.5 Å². The molecule has 0 aromatic rings. The Balaban J connectivity index is 0.000000616. The molecule has 8 N–H and O–H groups in total. The molecule has 11 atom stereocenters. The van der Waals surface area contributed by atoms with Gasteiger partial charge in [-0.25, -0.2) is 0 Å². The van der Waals surface area contributed by atoms with Crippen LogP contribution in [-0.4, -0.2) is 90.1 Å². The standard InChI is InChI=1S/C26H45NO7S.C2H7NO3S/c1-15(4-7-23(31)27-10-11-35(32,33)34)18-5-6-19-24-20(14-22(30)26(18,19)3)25(2)9-8-17(28)12-16(25)13-21(24)29;3-1-2-7(4,5)6/h15-22,24,28-30H,4-14H2,1-3H3,(H,27,31)(H,32,33,34);1-3H2,(H,4,5,6)/t15-,16?,17-,18-,19?,20?,21-,22+,24?,25+,26-;/m1./s1. The van der Waals surface area contributed by atoms with E-state index in [2.05, 4.69) is 26.1 Å². The molecule has 4 fully saturated rings. The second-order valence-electron chi connectivity index (χ2n) is 13.8. The van der Waals surface area contributed by atoms with Crippen molar-refractivity contribution in [3.05, 3.63) is 0 Å². The van der Waals surface area contributed by atoms with Gasteiger partial charge >= 0.3 is 0 Å². The number of nitrogens with two attached hydrogens (primary N) is 1. The summed E-state index contributed by atoms with van der Waals surface area (Å²) in [6, 6.07) is 0. The molecule has 4 saturated carbocycles. The fourth-order valence-electron chi connectivity index (χ4n) is 9.25. The maximum atomic E-state index is 12.2. The van der Waals surface area contributed by atoms with Gasteiger partial charge < -0.3 is 26.4 Å². The largest absolute Gasteiger partial charge is 0.393 e. The van der Waals surface area contributed by atoms with Gasteiger partial charge in [0.1, 0.15) is 0 Å². The predicted molar refractivity (Wildman–Crippen MR) is 157 cm³/mol. The molecule has 0 spiro atoms. The van der Waals surface area contributed by atoms with Crippen molar-refractivity contribution in [2.45, 2.75) is 96.9 Å². The van der Waals surface area contributed by atoms with Gasteiger partial charge in [-0.05, 0) is 97.7 Å². The van der Waals surface area contributed by atoms with Crippen molar-refractivity contribution in [2.75, 3.05) is 24.6 Å². The Hall–Kier alpha value is -0.870. The zero-order chi connectivity index (χ0) is 31.7. The van der Waals surface area contributed by atoms with E-state index in [0.29, 0.717) is 18.8 Å². The number of fused-ring (bicyclic) bond motifs is 5. The number of aliphatic hydroxyl groups excluding tert-OH is 3. The SMILES string of the molecule is C[C@H](CCC(=O)NCCS(=O)(=O)O)[C@H]1CCC2C3C(C[C@H](O)[C@@]21C)[C@@]1(C)CC[C@@H](O)CC1C[C@H]3O.NCCS(=O)(=O)O. The number of aliphatic hydroxyl groups is 3. The number of carbonyl (C=O) groups excluding carboxylic acids is 1. The molecule has 0 aromatic carbocycles. The fraction of sp³-hybridized carbons (Fsp3) is 0.964. The van der Waals surface area contributed by atoms with Gasteiger partial charge in [-0.1, -0.05) is 20.8 Å². The smallest absolute Gasteiger partial charge is 0.266 e. The first-order chi connectivity index (χ1) is 19.3. The second kappa shape index (κ2) is 13.6. The second-order valence-corrected chi connectivity index (χ2v) is 16.9. The minimum atomic E-state index is -4.10. The summed E-state index contributed by atoms with van der Waals surface area (Å²) in [6.45, 7) is 6.53. The Morgan fingerprint density at radius 3 is 2.17 bits per heavy atom. The van der Waals surface area contributed by atoms with E-state index >= 15 is 0 Å². The zero-order valence-electron chi connectivity index (χ0n) is 25.1. The molecule has 42 heavy (non-hydrogen) atoms. The van der Waals surface area contributed by atoms with Crippen LogP contribution in [0.2, 0.25) is 0 Å². The van der Waals surface area contributed by atoms with Crippen LogP contribution in [0.15, 0.2) is 0 Å². The van der Waals surface area contributed by atoms with Crippen molar-refractivity contribution in [3.8, 4) is 0 Å². The monoisotopic (exact) mass is 640 g/mol. The Bertz CT molecular complexity index is 1150. The van der Waals surface area contributed by atoms with E-state index in [1.165, 1.54) is 0 Å². The molecule has 4 aliphatic rings. The minimum Gasteiger partial charge on any atom is -0.393 e. The summed E-state index contributed by atoms with van der Waals surface area (Å²) in [5.74, 6) is 0.351. The number of hydrogen-bond donors (Lipinski definition) is 7. The van der Waals surface area contributed by atoms with Gasteiger partial charge in [-0.2, -0.15) is 16.8 Å². The zero-order valence-corrected chi connectivity index (χ0v) is 26.7. The van der Waals surface area contributed by atoms with Gasteiger partial charge in [0.2, 0.25) is 5.91 Å². The maximum absolute atomic E-state index is 12.2. The fourth-order valence-corrected chi connectivity index (χ4v) is 9.91. The number of carbonyl (C=O) groups is 1. The van der Waals surface area contributed by atoms with Crippen molar-refractivity contribution in [2.24, 2.45) is 52.1 Å². The van der Waals surface area contributed by atoms with E-state index in [4.69, 9.17) is 14.8 Å². The van der Waals surface area contributed by atoms with Crippen LogP contribution in [0.4, 0.5) is 0 Å². The van der Waals surface area contributed by atoms with Gasteiger partial charge in [-0.3, -0.25) is 13.9 Å². The van der Waals surface area contributed by atoms with E-state index < -0.39 is 38.2 Å². The molecule has 0 bridgehead atoms. The average Bonchev–Trinajstić information content (AvgIpc) is 3.21. The van der Waals surface area contributed by atoms with Crippen LogP contribution in [0.3, 0.4) is 0 Å². The van der Waals surface area contributed by atoms with Gasteiger partial charge in [0.05, 0.1) is 29.8 Å². The normalized spacial score (nSPS) is 40.5. The summed E-state index contributed by atoms with van der Waals surface area (Å²) in [6.07, 6.45) is 5.67. The molecule has 1 amide bonds. The Morgan fingerprint density at radius 2 is 1.60 bits per heavy atom. The van der Waals surface area contributed by atoms with Crippen molar-refractivity contribution < 1.29 is 46.1 Å². The van der Waals surface area contributed by atoms with Crippen molar-refractivity contribution in [1.82, 2.24) is 5.32 Å². The highest BCUT2D eigenvalue weighted by Gasteiger charge is 2.65. The predicted octanol–water partition coefficient (Wildman–Crippen LogP) is 1.20. The molecule has 4 rings (SSSR count). The molecule has 0 radical (unpaired) electrons. The van der Waals surface area contributed by atoms with E-state index in [9.17, 15) is 36.9 Å².